The van der Waals surface area contributed by atoms with E-state index < -0.39 is 0 Å². The van der Waals surface area contributed by atoms with Crippen molar-refractivity contribution >= 4 is 0 Å². The topological polar surface area (TPSA) is 29.5 Å². The van der Waals surface area contributed by atoms with Gasteiger partial charge in [-0.3, -0.25) is 0 Å². The first-order chi connectivity index (χ1) is 8.74. The normalized spacial score (nSPS) is 22.1. The summed E-state index contributed by atoms with van der Waals surface area (Å²) in [5, 5.41) is 9.50. The van der Waals surface area contributed by atoms with E-state index in [0.717, 1.165) is 17.7 Å². The van der Waals surface area contributed by atoms with Crippen LogP contribution in [-0.4, -0.2) is 5.11 Å². The van der Waals surface area contributed by atoms with Crippen molar-refractivity contribution in [2.75, 3.05) is 0 Å². The fraction of sp³-hybridized carbons (Fsp3) is 0.250. The maximum Gasteiger partial charge on any atom is 0.127 e. The second kappa shape index (κ2) is 4.37. The molecular weight excluding hydrogens is 224 g/mol. The summed E-state index contributed by atoms with van der Waals surface area (Å²) < 4.78 is 6.07. The maximum atomic E-state index is 9.50. The summed E-state index contributed by atoms with van der Waals surface area (Å²) in [5.41, 5.74) is 2.30. The molecule has 2 heteroatoms. The average molecular weight is 240 g/mol. The Morgan fingerprint density at radius 2 is 1.89 bits per heavy atom. The summed E-state index contributed by atoms with van der Waals surface area (Å²) in [7, 11) is 0. The predicted octanol–water partition coefficient (Wildman–Crippen LogP) is 3.70. The van der Waals surface area contributed by atoms with Crippen molar-refractivity contribution < 1.29 is 9.84 Å². The molecule has 1 heterocycles. The van der Waals surface area contributed by atoms with Crippen LogP contribution in [0.3, 0.4) is 0 Å². The van der Waals surface area contributed by atoms with Gasteiger partial charge in [-0.05, 0) is 35.7 Å². The lowest BCUT2D eigenvalue weighted by molar-refractivity contribution is 0.123. The van der Waals surface area contributed by atoms with Crippen molar-refractivity contribution in [3.8, 4) is 11.5 Å². The van der Waals surface area contributed by atoms with Gasteiger partial charge in [0, 0.05) is 5.92 Å². The van der Waals surface area contributed by atoms with Crippen LogP contribution in [0.2, 0.25) is 0 Å². The number of fused-ring (bicyclic) bond motifs is 1. The van der Waals surface area contributed by atoms with Crippen LogP contribution >= 0.6 is 0 Å². The van der Waals surface area contributed by atoms with Gasteiger partial charge in [0.1, 0.15) is 17.6 Å². The fourth-order valence-corrected chi connectivity index (χ4v) is 2.59. The Hall–Kier alpha value is -1.96. The lowest BCUT2D eigenvalue weighted by Gasteiger charge is -2.32. The smallest absolute Gasteiger partial charge is 0.127 e. The van der Waals surface area contributed by atoms with Gasteiger partial charge in [0.05, 0.1) is 0 Å². The zero-order valence-corrected chi connectivity index (χ0v) is 10.3. The molecule has 0 unspecified atom stereocenters. The molecule has 0 spiro atoms. The van der Waals surface area contributed by atoms with Crippen LogP contribution < -0.4 is 4.74 Å². The second-order valence-electron chi connectivity index (χ2n) is 4.92. The number of hydrogen-bond acceptors (Lipinski definition) is 2. The summed E-state index contributed by atoms with van der Waals surface area (Å²) in [6, 6.07) is 15.6. The highest BCUT2D eigenvalue weighted by atomic mass is 16.5. The first-order valence-electron chi connectivity index (χ1n) is 6.27. The minimum Gasteiger partial charge on any atom is -0.508 e. The highest BCUT2D eigenvalue weighted by molar-refractivity contribution is 5.42. The van der Waals surface area contributed by atoms with Crippen LogP contribution in [0, 0.1) is 5.92 Å². The molecule has 0 radical (unpaired) electrons. The number of hydrogen-bond donors (Lipinski definition) is 1. The van der Waals surface area contributed by atoms with E-state index in [1.807, 2.05) is 24.3 Å². The van der Waals surface area contributed by atoms with E-state index in [1.165, 1.54) is 5.56 Å². The SMILES string of the molecule is C[C@@H]1Cc2cc(O)ccc2O[C@@H]1c1ccccc1. The molecule has 2 nitrogen and oxygen atoms in total. The fourth-order valence-electron chi connectivity index (χ4n) is 2.59. The van der Waals surface area contributed by atoms with Crippen LogP contribution in [0.1, 0.15) is 24.2 Å². The second-order valence-corrected chi connectivity index (χ2v) is 4.92. The molecule has 0 saturated heterocycles. The van der Waals surface area contributed by atoms with E-state index in [1.54, 1.807) is 12.1 Å². The van der Waals surface area contributed by atoms with Gasteiger partial charge in [-0.15, -0.1) is 0 Å². The number of ether oxygens (including phenoxy) is 1. The molecule has 3 rings (SSSR count). The molecule has 0 aromatic heterocycles. The van der Waals surface area contributed by atoms with Gasteiger partial charge in [-0.25, -0.2) is 0 Å². The average Bonchev–Trinajstić information content (AvgIpc) is 2.39. The molecular formula is C16H16O2. The molecule has 1 aliphatic heterocycles. The van der Waals surface area contributed by atoms with Crippen molar-refractivity contribution in [3.05, 3.63) is 59.7 Å². The molecule has 0 saturated carbocycles. The van der Waals surface area contributed by atoms with E-state index in [4.69, 9.17) is 4.74 Å². The van der Waals surface area contributed by atoms with Crippen molar-refractivity contribution in [2.45, 2.75) is 19.4 Å². The first-order valence-corrected chi connectivity index (χ1v) is 6.27. The van der Waals surface area contributed by atoms with E-state index in [9.17, 15) is 5.11 Å². The Labute approximate surface area is 107 Å². The Morgan fingerprint density at radius 3 is 2.67 bits per heavy atom. The monoisotopic (exact) mass is 240 g/mol. The molecule has 18 heavy (non-hydrogen) atoms. The van der Waals surface area contributed by atoms with E-state index in [-0.39, 0.29) is 6.10 Å². The lowest BCUT2D eigenvalue weighted by atomic mass is 9.88. The van der Waals surface area contributed by atoms with Crippen molar-refractivity contribution in [3.63, 3.8) is 0 Å². The van der Waals surface area contributed by atoms with Crippen molar-refractivity contribution in [1.29, 1.82) is 0 Å². The summed E-state index contributed by atoms with van der Waals surface area (Å²) in [6.07, 6.45) is 1.03. The van der Waals surface area contributed by atoms with Gasteiger partial charge < -0.3 is 9.84 Å². The molecule has 0 bridgehead atoms. The zero-order chi connectivity index (χ0) is 12.5. The summed E-state index contributed by atoms with van der Waals surface area (Å²) in [6.45, 7) is 2.19. The summed E-state index contributed by atoms with van der Waals surface area (Å²) in [4.78, 5) is 0. The van der Waals surface area contributed by atoms with E-state index in [2.05, 4.69) is 19.1 Å². The van der Waals surface area contributed by atoms with Gasteiger partial charge in [0.25, 0.3) is 0 Å². The molecule has 1 N–H and O–H groups in total. The molecule has 92 valence electrons. The van der Waals surface area contributed by atoms with Crippen LogP contribution in [0.5, 0.6) is 11.5 Å². The lowest BCUT2D eigenvalue weighted by Crippen LogP contribution is -2.23. The third-order valence-electron chi connectivity index (χ3n) is 3.48. The van der Waals surface area contributed by atoms with Crippen LogP contribution in [0.4, 0.5) is 0 Å². The molecule has 0 fully saturated rings. The Morgan fingerprint density at radius 1 is 1.11 bits per heavy atom. The number of phenols is 1. The minimum atomic E-state index is 0.100. The molecule has 0 amide bonds. The molecule has 2 aromatic rings. The van der Waals surface area contributed by atoms with E-state index >= 15 is 0 Å². The van der Waals surface area contributed by atoms with Gasteiger partial charge in [0.2, 0.25) is 0 Å². The Kier molecular flexibility index (Phi) is 2.71. The molecule has 1 aliphatic rings. The van der Waals surface area contributed by atoms with Gasteiger partial charge in [-0.2, -0.15) is 0 Å². The number of phenolic OH excluding ortho intramolecular Hbond substituents is 1. The van der Waals surface area contributed by atoms with Gasteiger partial charge >= 0.3 is 0 Å². The maximum absolute atomic E-state index is 9.50. The zero-order valence-electron chi connectivity index (χ0n) is 10.3. The van der Waals surface area contributed by atoms with Crippen LogP contribution in [-0.2, 0) is 6.42 Å². The third-order valence-corrected chi connectivity index (χ3v) is 3.48. The number of benzene rings is 2. The largest absolute Gasteiger partial charge is 0.508 e. The van der Waals surface area contributed by atoms with Gasteiger partial charge in [0.15, 0.2) is 0 Å². The Bertz CT molecular complexity index is 548. The van der Waals surface area contributed by atoms with E-state index in [0.29, 0.717) is 11.7 Å². The third kappa shape index (κ3) is 1.94. The number of aromatic hydroxyl groups is 1. The summed E-state index contributed by atoms with van der Waals surface area (Å²) in [5.74, 6) is 1.60. The molecule has 2 aromatic carbocycles. The van der Waals surface area contributed by atoms with Crippen molar-refractivity contribution in [2.24, 2.45) is 5.92 Å². The van der Waals surface area contributed by atoms with Gasteiger partial charge in [-0.1, -0.05) is 37.3 Å². The number of rotatable bonds is 1. The highest BCUT2D eigenvalue weighted by Crippen LogP contribution is 2.39. The van der Waals surface area contributed by atoms with Crippen molar-refractivity contribution in [1.82, 2.24) is 0 Å². The standard InChI is InChI=1S/C16H16O2/c1-11-9-13-10-14(17)7-8-15(13)18-16(11)12-5-3-2-4-6-12/h2-8,10-11,16-17H,9H2,1H3/t11-,16+/m1/s1. The summed E-state index contributed by atoms with van der Waals surface area (Å²) >= 11 is 0. The van der Waals surface area contributed by atoms with Crippen LogP contribution in [0.25, 0.3) is 0 Å². The molecule has 2 atom stereocenters. The highest BCUT2D eigenvalue weighted by Gasteiger charge is 2.28. The minimum absolute atomic E-state index is 0.100. The molecule has 0 aliphatic carbocycles. The first kappa shape index (κ1) is 11.1. The van der Waals surface area contributed by atoms with Crippen LogP contribution in [0.15, 0.2) is 48.5 Å². The predicted molar refractivity (Wildman–Crippen MR) is 70.8 cm³/mol. The quantitative estimate of drug-likeness (QED) is 0.823. The Balaban J connectivity index is 1.95.